The number of amides is 3. The van der Waals surface area contributed by atoms with E-state index < -0.39 is 17.5 Å². The van der Waals surface area contributed by atoms with E-state index in [1.165, 1.54) is 23.5 Å². The van der Waals surface area contributed by atoms with Crippen LogP contribution in [-0.2, 0) is 11.0 Å². The summed E-state index contributed by atoms with van der Waals surface area (Å²) >= 11 is 1.46. The second-order valence-corrected chi connectivity index (χ2v) is 14.1. The zero-order valence-electron chi connectivity index (χ0n) is 26.4. The van der Waals surface area contributed by atoms with E-state index >= 15 is 0 Å². The Hall–Kier alpha value is -4.71. The molecular weight excluding hydrogens is 653 g/mol. The number of hydrogen-bond donors (Lipinski definition) is 1. The summed E-state index contributed by atoms with van der Waals surface area (Å²) in [6.07, 6.45) is -2.22. The Morgan fingerprint density at radius 2 is 1.65 bits per heavy atom. The van der Waals surface area contributed by atoms with Crippen molar-refractivity contribution < 1.29 is 32.3 Å². The number of aromatic nitrogens is 1. The summed E-state index contributed by atoms with van der Waals surface area (Å²) in [6.45, 7) is 1.89. The highest BCUT2D eigenvalue weighted by Crippen LogP contribution is 2.51. The first kappa shape index (κ1) is 31.6. The molecule has 3 amide bonds. The molecule has 3 fully saturated rings. The summed E-state index contributed by atoms with van der Waals surface area (Å²) < 4.78 is 45.7. The molecular formula is C37H33F3N4O4S. The summed E-state index contributed by atoms with van der Waals surface area (Å²) in [6, 6.07) is 19.7. The van der Waals surface area contributed by atoms with Crippen LogP contribution in [0.2, 0.25) is 0 Å². The van der Waals surface area contributed by atoms with Crippen molar-refractivity contribution in [1.29, 1.82) is 0 Å². The monoisotopic (exact) mass is 686 g/mol. The van der Waals surface area contributed by atoms with Crippen LogP contribution in [0.15, 0.2) is 78.2 Å². The lowest BCUT2D eigenvalue weighted by Gasteiger charge is -2.55. The number of alkyl halides is 3. The minimum atomic E-state index is -4.43. The molecule has 1 aromatic heterocycles. The van der Waals surface area contributed by atoms with Crippen LogP contribution >= 0.6 is 11.3 Å². The van der Waals surface area contributed by atoms with E-state index in [1.807, 2.05) is 34.5 Å². The lowest BCUT2D eigenvalue weighted by Crippen LogP contribution is -2.70. The molecule has 0 saturated carbocycles. The van der Waals surface area contributed by atoms with E-state index in [0.29, 0.717) is 74.2 Å². The van der Waals surface area contributed by atoms with Gasteiger partial charge in [0.2, 0.25) is 5.91 Å². The van der Waals surface area contributed by atoms with Gasteiger partial charge in [-0.2, -0.15) is 13.2 Å². The second-order valence-electron chi connectivity index (χ2n) is 13.3. The van der Waals surface area contributed by atoms with E-state index in [9.17, 15) is 27.6 Å². The number of halogens is 3. The van der Waals surface area contributed by atoms with E-state index in [4.69, 9.17) is 9.72 Å². The molecule has 8 nitrogen and oxygen atoms in total. The molecule has 4 aromatic rings. The van der Waals surface area contributed by atoms with Gasteiger partial charge >= 0.3 is 6.18 Å². The van der Waals surface area contributed by atoms with Crippen LogP contribution in [0.25, 0.3) is 11.1 Å². The molecule has 4 aliphatic rings. The minimum Gasteiger partial charge on any atom is -0.467 e. The first-order valence-electron chi connectivity index (χ1n) is 16.5. The van der Waals surface area contributed by atoms with Crippen molar-refractivity contribution in [3.8, 4) is 16.9 Å². The third-order valence-corrected chi connectivity index (χ3v) is 11.5. The van der Waals surface area contributed by atoms with Gasteiger partial charge in [-0.3, -0.25) is 14.4 Å². The molecule has 2 bridgehead atoms. The molecule has 3 aromatic carbocycles. The number of para-hydroxylation sites is 1. The van der Waals surface area contributed by atoms with Gasteiger partial charge in [-0.05, 0) is 53.8 Å². The molecule has 252 valence electrons. The molecule has 49 heavy (non-hydrogen) atoms. The number of thiazole rings is 1. The number of benzene rings is 3. The number of carbonyl (C=O) groups is 3. The number of piperidine rings is 3. The van der Waals surface area contributed by atoms with Gasteiger partial charge in [0.25, 0.3) is 11.8 Å². The van der Waals surface area contributed by atoms with Gasteiger partial charge in [0.15, 0.2) is 5.72 Å². The first-order valence-corrected chi connectivity index (χ1v) is 17.4. The fraction of sp³-hybridized carbons (Fsp3) is 0.351. The van der Waals surface area contributed by atoms with Crippen LogP contribution in [0.1, 0.15) is 74.5 Å². The third-order valence-electron chi connectivity index (χ3n) is 10.5. The number of nitrogens with one attached hydrogen (secondary N) is 1. The molecule has 3 unspecified atom stereocenters. The first-order chi connectivity index (χ1) is 23.6. The highest BCUT2D eigenvalue weighted by molar-refractivity contribution is 7.09. The Bertz CT molecular complexity index is 1940. The van der Waals surface area contributed by atoms with Crippen LogP contribution in [0.5, 0.6) is 5.75 Å². The van der Waals surface area contributed by atoms with Gasteiger partial charge in [-0.25, -0.2) is 4.98 Å². The van der Waals surface area contributed by atoms with Crippen LogP contribution in [0.4, 0.5) is 13.2 Å². The summed E-state index contributed by atoms with van der Waals surface area (Å²) in [7, 11) is 0. The van der Waals surface area contributed by atoms with Crippen molar-refractivity contribution in [1.82, 2.24) is 20.1 Å². The van der Waals surface area contributed by atoms with Crippen molar-refractivity contribution in [2.24, 2.45) is 5.92 Å². The van der Waals surface area contributed by atoms with E-state index in [1.54, 1.807) is 29.2 Å². The van der Waals surface area contributed by atoms with Gasteiger partial charge in [-0.15, -0.1) is 11.3 Å². The molecule has 1 N–H and O–H groups in total. The fourth-order valence-corrected chi connectivity index (χ4v) is 8.90. The highest BCUT2D eigenvalue weighted by Gasteiger charge is 2.57. The zero-order chi connectivity index (χ0) is 33.9. The average Bonchev–Trinajstić information content (AvgIpc) is 3.61. The Labute approximate surface area is 284 Å². The lowest BCUT2D eigenvalue weighted by atomic mass is 9.69. The second kappa shape index (κ2) is 12.0. The predicted octanol–water partition coefficient (Wildman–Crippen LogP) is 6.70. The summed E-state index contributed by atoms with van der Waals surface area (Å²) in [4.78, 5) is 48.4. The number of carbonyl (C=O) groups excluding carboxylic acids is 3. The van der Waals surface area contributed by atoms with Crippen LogP contribution in [-0.4, -0.2) is 64.4 Å². The third kappa shape index (κ3) is 5.65. The standard InChI is InChI=1S/C37H33F3N4O4S/c38-37(39,40)24-11-9-22(10-12-24)25-5-1-2-7-27(25)34(46)43-16-13-23(14-17-43)33-41-30(21-49-33)35(47)44-18-15-36-29(20-44)28(19-32(45)42-36)26-6-3-4-8-31(26)48-36/h1-12,21,23,28-29H,13-20H2,(H,42,45). The minimum absolute atomic E-state index is 0.0317. The van der Waals surface area contributed by atoms with Crippen LogP contribution in [0, 0.1) is 5.92 Å². The molecule has 3 saturated heterocycles. The fourth-order valence-electron chi connectivity index (χ4n) is 7.93. The molecule has 5 heterocycles. The summed E-state index contributed by atoms with van der Waals surface area (Å²) in [5, 5.41) is 5.80. The maximum atomic E-state index is 13.7. The molecule has 0 spiro atoms. The highest BCUT2D eigenvalue weighted by atomic mass is 32.1. The van der Waals surface area contributed by atoms with Gasteiger partial charge in [0.05, 0.1) is 10.6 Å². The molecule has 3 atom stereocenters. The van der Waals surface area contributed by atoms with Gasteiger partial charge in [0, 0.05) is 67.7 Å². The molecule has 4 aliphatic heterocycles. The Kier molecular flexibility index (Phi) is 7.73. The quantitative estimate of drug-likeness (QED) is 0.258. The van der Waals surface area contributed by atoms with Crippen molar-refractivity contribution in [2.45, 2.75) is 49.4 Å². The van der Waals surface area contributed by atoms with E-state index in [-0.39, 0.29) is 35.5 Å². The van der Waals surface area contributed by atoms with Gasteiger partial charge in [-0.1, -0.05) is 48.5 Å². The van der Waals surface area contributed by atoms with E-state index in [0.717, 1.165) is 28.5 Å². The predicted molar refractivity (Wildman–Crippen MR) is 176 cm³/mol. The Morgan fingerprint density at radius 3 is 2.43 bits per heavy atom. The smallest absolute Gasteiger partial charge is 0.416 e. The topological polar surface area (TPSA) is 91.8 Å². The summed E-state index contributed by atoms with van der Waals surface area (Å²) in [5.41, 5.74) is 1.45. The lowest BCUT2D eigenvalue weighted by molar-refractivity contribution is -0.151. The normalized spacial score (nSPS) is 23.6. The van der Waals surface area contributed by atoms with Crippen LogP contribution in [0.3, 0.4) is 0 Å². The van der Waals surface area contributed by atoms with Crippen molar-refractivity contribution >= 4 is 29.1 Å². The number of nitrogens with zero attached hydrogens (tertiary/aromatic N) is 3. The van der Waals surface area contributed by atoms with Gasteiger partial charge < -0.3 is 19.9 Å². The number of likely N-dealkylation sites (tertiary alicyclic amines) is 2. The molecule has 12 heteroatoms. The Morgan fingerprint density at radius 1 is 0.918 bits per heavy atom. The number of fused-ring (bicyclic) bond motifs is 2. The van der Waals surface area contributed by atoms with Crippen molar-refractivity contribution in [3.63, 3.8) is 0 Å². The SMILES string of the molecule is O=C1CC2c3ccccc3OC3(CCN(C(=O)c4csc(C5CCN(C(=O)c6ccccc6-c6ccc(C(F)(F)F)cc6)CC5)n4)CC23)N1. The Balaban J connectivity index is 0.921. The molecule has 0 aliphatic carbocycles. The largest absolute Gasteiger partial charge is 0.467 e. The van der Waals surface area contributed by atoms with Crippen molar-refractivity contribution in [2.75, 3.05) is 26.2 Å². The maximum Gasteiger partial charge on any atom is 0.416 e. The molecule has 0 radical (unpaired) electrons. The van der Waals surface area contributed by atoms with Gasteiger partial charge in [0.1, 0.15) is 11.4 Å². The summed E-state index contributed by atoms with van der Waals surface area (Å²) in [5.74, 6) is 0.468. The number of hydrogen-bond acceptors (Lipinski definition) is 6. The van der Waals surface area contributed by atoms with Crippen molar-refractivity contribution in [3.05, 3.63) is 106 Å². The number of rotatable bonds is 4. The average molecular weight is 687 g/mol. The van der Waals surface area contributed by atoms with E-state index in [2.05, 4.69) is 5.32 Å². The number of ether oxygens (including phenoxy) is 1. The maximum absolute atomic E-state index is 13.7. The molecule has 8 rings (SSSR count). The van der Waals surface area contributed by atoms with Crippen LogP contribution < -0.4 is 10.1 Å². The zero-order valence-corrected chi connectivity index (χ0v) is 27.2.